The minimum Gasteiger partial charge on any atom is -0.506 e. The fourth-order valence-corrected chi connectivity index (χ4v) is 1.34. The van der Waals surface area contributed by atoms with Gasteiger partial charge in [-0.2, -0.15) is 0 Å². The molecule has 0 aliphatic heterocycles. The number of fused-ring (bicyclic) bond motifs is 1. The molecule has 3 heteroatoms. The summed E-state index contributed by atoms with van der Waals surface area (Å²) in [5, 5.41) is 13.7. The number of phenols is 1. The van der Waals surface area contributed by atoms with Crippen molar-refractivity contribution in [3.63, 3.8) is 0 Å². The molecule has 0 aliphatic carbocycles. The smallest absolute Gasteiger partial charge is 0.157 e. The Balaban J connectivity index is 0.000000531. The van der Waals surface area contributed by atoms with Crippen LogP contribution < -0.4 is 0 Å². The van der Waals surface area contributed by atoms with E-state index in [1.54, 1.807) is 18.2 Å². The first-order chi connectivity index (χ1) is 7.33. The lowest BCUT2D eigenvalue weighted by molar-refractivity contribution is 0.477. The van der Waals surface area contributed by atoms with E-state index in [1.165, 1.54) is 6.07 Å². The van der Waals surface area contributed by atoms with Crippen LogP contribution in [-0.4, -0.2) is 5.11 Å². The SMILES string of the molecule is CC.O=Nc1c(O)ccc2ccccc12. The third-order valence-electron chi connectivity index (χ3n) is 1.97. The molecule has 0 atom stereocenters. The number of rotatable bonds is 1. The number of aromatic hydroxyl groups is 1. The van der Waals surface area contributed by atoms with E-state index in [0.29, 0.717) is 5.39 Å². The van der Waals surface area contributed by atoms with Crippen LogP contribution in [0.2, 0.25) is 0 Å². The molecule has 2 rings (SSSR count). The highest BCUT2D eigenvalue weighted by Gasteiger charge is 2.05. The normalized spacial score (nSPS) is 9.20. The fraction of sp³-hybridized carbons (Fsp3) is 0.167. The summed E-state index contributed by atoms with van der Waals surface area (Å²) < 4.78 is 0. The van der Waals surface area contributed by atoms with E-state index >= 15 is 0 Å². The molecule has 0 spiro atoms. The average Bonchev–Trinajstić information content (AvgIpc) is 2.32. The number of nitrogens with zero attached hydrogens (tertiary/aromatic N) is 1. The van der Waals surface area contributed by atoms with Crippen molar-refractivity contribution in [3.05, 3.63) is 41.3 Å². The van der Waals surface area contributed by atoms with Crippen molar-refractivity contribution in [2.75, 3.05) is 0 Å². The molecule has 0 saturated carbocycles. The molecule has 0 saturated heterocycles. The lowest BCUT2D eigenvalue weighted by Gasteiger charge is -2.00. The molecule has 1 N–H and O–H groups in total. The van der Waals surface area contributed by atoms with Crippen LogP contribution in [0.15, 0.2) is 41.6 Å². The van der Waals surface area contributed by atoms with Gasteiger partial charge in [-0.3, -0.25) is 0 Å². The number of hydrogen-bond donors (Lipinski definition) is 1. The van der Waals surface area contributed by atoms with Gasteiger partial charge < -0.3 is 5.11 Å². The van der Waals surface area contributed by atoms with E-state index in [9.17, 15) is 10.0 Å². The highest BCUT2D eigenvalue weighted by atomic mass is 16.3. The quantitative estimate of drug-likeness (QED) is 0.713. The van der Waals surface area contributed by atoms with E-state index in [1.807, 2.05) is 26.0 Å². The summed E-state index contributed by atoms with van der Waals surface area (Å²) in [6, 6.07) is 10.5. The molecule has 3 nitrogen and oxygen atoms in total. The molecule has 2 aromatic rings. The molecular weight excluding hydrogens is 190 g/mol. The Labute approximate surface area is 88.3 Å². The maximum Gasteiger partial charge on any atom is 0.157 e. The van der Waals surface area contributed by atoms with Gasteiger partial charge in [0.2, 0.25) is 0 Å². The first-order valence-corrected chi connectivity index (χ1v) is 4.87. The van der Waals surface area contributed by atoms with Crippen molar-refractivity contribution >= 4 is 16.5 Å². The van der Waals surface area contributed by atoms with Gasteiger partial charge in [-0.15, -0.1) is 4.91 Å². The van der Waals surface area contributed by atoms with Crippen LogP contribution in [0.4, 0.5) is 5.69 Å². The van der Waals surface area contributed by atoms with Crippen LogP contribution in [0.5, 0.6) is 5.75 Å². The van der Waals surface area contributed by atoms with Crippen molar-refractivity contribution in [2.24, 2.45) is 5.18 Å². The predicted octanol–water partition coefficient (Wildman–Crippen LogP) is 3.97. The molecule has 0 fully saturated rings. The van der Waals surface area contributed by atoms with E-state index in [0.717, 1.165) is 5.39 Å². The molecule has 0 heterocycles. The third kappa shape index (κ3) is 2.13. The van der Waals surface area contributed by atoms with E-state index in [-0.39, 0.29) is 11.4 Å². The molecule has 0 amide bonds. The zero-order valence-corrected chi connectivity index (χ0v) is 8.77. The van der Waals surface area contributed by atoms with Crippen LogP contribution in [-0.2, 0) is 0 Å². The molecule has 78 valence electrons. The Morgan fingerprint density at radius 3 is 2.40 bits per heavy atom. The van der Waals surface area contributed by atoms with E-state index < -0.39 is 0 Å². The second-order valence-corrected chi connectivity index (χ2v) is 2.75. The van der Waals surface area contributed by atoms with Gasteiger partial charge in [0.1, 0.15) is 5.75 Å². The Bertz CT molecular complexity index is 466. The Kier molecular flexibility index (Phi) is 3.80. The van der Waals surface area contributed by atoms with Gasteiger partial charge in [-0.25, -0.2) is 0 Å². The lowest BCUT2D eigenvalue weighted by atomic mass is 10.1. The van der Waals surface area contributed by atoms with Gasteiger partial charge in [0, 0.05) is 5.39 Å². The highest BCUT2D eigenvalue weighted by molar-refractivity contribution is 5.95. The van der Waals surface area contributed by atoms with Crippen molar-refractivity contribution < 1.29 is 5.11 Å². The maximum atomic E-state index is 10.4. The number of nitroso groups, excluding NO2 is 1. The van der Waals surface area contributed by atoms with Crippen molar-refractivity contribution in [3.8, 4) is 5.75 Å². The van der Waals surface area contributed by atoms with Crippen LogP contribution in [0, 0.1) is 4.91 Å². The van der Waals surface area contributed by atoms with E-state index in [2.05, 4.69) is 5.18 Å². The zero-order valence-electron chi connectivity index (χ0n) is 8.77. The summed E-state index contributed by atoms with van der Waals surface area (Å²) in [4.78, 5) is 10.4. The van der Waals surface area contributed by atoms with E-state index in [4.69, 9.17) is 0 Å². The first kappa shape index (κ1) is 11.2. The lowest BCUT2D eigenvalue weighted by Crippen LogP contribution is -1.73. The molecule has 0 radical (unpaired) electrons. The topological polar surface area (TPSA) is 49.7 Å². The standard InChI is InChI=1S/C10H7NO2.C2H6/c12-9-6-5-7-3-1-2-4-8(7)10(9)11-13;1-2/h1-6,12H;1-2H3. The molecule has 0 aliphatic rings. The van der Waals surface area contributed by atoms with Gasteiger partial charge in [0.05, 0.1) is 0 Å². The summed E-state index contributed by atoms with van der Waals surface area (Å²) in [7, 11) is 0. The molecule has 0 unspecified atom stereocenters. The van der Waals surface area contributed by atoms with Gasteiger partial charge >= 0.3 is 0 Å². The summed E-state index contributed by atoms with van der Waals surface area (Å²) in [6.45, 7) is 4.00. The minimum atomic E-state index is -0.0753. The van der Waals surface area contributed by atoms with Crippen LogP contribution in [0.25, 0.3) is 10.8 Å². The Hall–Kier alpha value is -1.90. The van der Waals surface area contributed by atoms with Crippen molar-refractivity contribution in [2.45, 2.75) is 13.8 Å². The average molecular weight is 203 g/mol. The fourth-order valence-electron chi connectivity index (χ4n) is 1.34. The minimum absolute atomic E-state index is 0.0753. The van der Waals surface area contributed by atoms with Gasteiger partial charge in [0.25, 0.3) is 0 Å². The summed E-state index contributed by atoms with van der Waals surface area (Å²) in [5.41, 5.74) is 0.109. The summed E-state index contributed by atoms with van der Waals surface area (Å²) in [6.07, 6.45) is 0. The second-order valence-electron chi connectivity index (χ2n) is 2.75. The number of hydrogen-bond acceptors (Lipinski definition) is 3. The molecular formula is C12H13NO2. The van der Waals surface area contributed by atoms with Crippen LogP contribution in [0.3, 0.4) is 0 Å². The van der Waals surface area contributed by atoms with Gasteiger partial charge in [0.15, 0.2) is 5.69 Å². The monoisotopic (exact) mass is 203 g/mol. The molecule has 15 heavy (non-hydrogen) atoms. The Morgan fingerprint density at radius 1 is 1.07 bits per heavy atom. The third-order valence-corrected chi connectivity index (χ3v) is 1.97. The van der Waals surface area contributed by atoms with Gasteiger partial charge in [-0.1, -0.05) is 44.2 Å². The largest absolute Gasteiger partial charge is 0.506 e. The predicted molar refractivity (Wildman–Crippen MR) is 62.4 cm³/mol. The number of benzene rings is 2. The van der Waals surface area contributed by atoms with Crippen LogP contribution >= 0.6 is 0 Å². The second kappa shape index (κ2) is 5.10. The highest BCUT2D eigenvalue weighted by Crippen LogP contribution is 2.34. The first-order valence-electron chi connectivity index (χ1n) is 4.87. The number of phenolic OH excluding ortho intramolecular Hbond substituents is 1. The molecule has 0 aromatic heterocycles. The van der Waals surface area contributed by atoms with Gasteiger partial charge in [-0.05, 0) is 16.6 Å². The summed E-state index contributed by atoms with van der Waals surface area (Å²) in [5.74, 6) is -0.0753. The summed E-state index contributed by atoms with van der Waals surface area (Å²) >= 11 is 0. The van der Waals surface area contributed by atoms with Crippen molar-refractivity contribution in [1.82, 2.24) is 0 Å². The Morgan fingerprint density at radius 2 is 1.73 bits per heavy atom. The molecule has 0 bridgehead atoms. The van der Waals surface area contributed by atoms with Crippen molar-refractivity contribution in [1.29, 1.82) is 0 Å². The molecule has 2 aromatic carbocycles. The maximum absolute atomic E-state index is 10.4. The van der Waals surface area contributed by atoms with Crippen LogP contribution in [0.1, 0.15) is 13.8 Å². The zero-order chi connectivity index (χ0) is 11.3.